The van der Waals surface area contributed by atoms with Crippen LogP contribution in [-0.2, 0) is 11.2 Å². The Kier molecular flexibility index (Phi) is 4.49. The lowest BCUT2D eigenvalue weighted by Crippen LogP contribution is -2.50. The first-order chi connectivity index (χ1) is 11.1. The van der Waals surface area contributed by atoms with E-state index in [4.69, 9.17) is 0 Å². The van der Waals surface area contributed by atoms with Crippen molar-refractivity contribution in [2.45, 2.75) is 50.7 Å². The molecule has 4 atom stereocenters. The summed E-state index contributed by atoms with van der Waals surface area (Å²) in [5, 5.41) is 15.6. The van der Waals surface area contributed by atoms with E-state index in [1.54, 1.807) is 0 Å². The van der Waals surface area contributed by atoms with Gasteiger partial charge in [-0.25, -0.2) is 0 Å². The quantitative estimate of drug-likeness (QED) is 0.878. The van der Waals surface area contributed by atoms with E-state index in [9.17, 15) is 10.1 Å². The summed E-state index contributed by atoms with van der Waals surface area (Å²) >= 11 is 0. The predicted molar refractivity (Wildman–Crippen MR) is 90.5 cm³/mol. The van der Waals surface area contributed by atoms with Crippen molar-refractivity contribution in [1.29, 1.82) is 5.26 Å². The summed E-state index contributed by atoms with van der Waals surface area (Å²) in [5.41, 5.74) is 3.16. The normalized spacial score (nSPS) is 26.5. The van der Waals surface area contributed by atoms with Crippen molar-refractivity contribution in [3.63, 3.8) is 0 Å². The summed E-state index contributed by atoms with van der Waals surface area (Å²) in [5.74, 6) is 0.413. The van der Waals surface area contributed by atoms with Crippen LogP contribution in [0, 0.1) is 17.2 Å². The Bertz CT molecular complexity index is 644. The minimum absolute atomic E-state index is 0.0256. The molecular formula is C19H23N3O. The van der Waals surface area contributed by atoms with Crippen molar-refractivity contribution in [1.82, 2.24) is 10.6 Å². The van der Waals surface area contributed by atoms with Crippen molar-refractivity contribution in [3.8, 4) is 6.07 Å². The third kappa shape index (κ3) is 3.46. The van der Waals surface area contributed by atoms with Gasteiger partial charge in [0.05, 0.1) is 12.1 Å². The first-order valence-electron chi connectivity index (χ1n) is 8.27. The van der Waals surface area contributed by atoms with Crippen molar-refractivity contribution in [3.05, 3.63) is 42.0 Å². The largest absolute Gasteiger partial charge is 0.339 e. The molecule has 120 valence electrons. The second-order valence-corrected chi connectivity index (χ2v) is 6.79. The molecule has 1 aliphatic heterocycles. The van der Waals surface area contributed by atoms with Crippen molar-refractivity contribution in [2.24, 2.45) is 5.92 Å². The van der Waals surface area contributed by atoms with Gasteiger partial charge in [0.1, 0.15) is 6.04 Å². The highest BCUT2D eigenvalue weighted by molar-refractivity contribution is 5.83. The molecule has 2 N–H and O–H groups in total. The molecule has 1 aromatic carbocycles. The Balaban J connectivity index is 1.58. The van der Waals surface area contributed by atoms with E-state index in [-0.39, 0.29) is 11.9 Å². The molecule has 0 unspecified atom stereocenters. The van der Waals surface area contributed by atoms with Crippen LogP contribution in [0.2, 0.25) is 0 Å². The van der Waals surface area contributed by atoms with Gasteiger partial charge >= 0.3 is 0 Å². The summed E-state index contributed by atoms with van der Waals surface area (Å²) in [4.78, 5) is 12.4. The van der Waals surface area contributed by atoms with E-state index in [0.717, 1.165) is 29.5 Å². The van der Waals surface area contributed by atoms with Gasteiger partial charge in [-0.3, -0.25) is 4.79 Å². The number of rotatable bonds is 5. The van der Waals surface area contributed by atoms with Gasteiger partial charge in [-0.05, 0) is 43.2 Å². The summed E-state index contributed by atoms with van der Waals surface area (Å²) in [7, 11) is 0. The Hall–Kier alpha value is -2.12. The molecule has 2 aliphatic rings. The molecule has 23 heavy (non-hydrogen) atoms. The van der Waals surface area contributed by atoms with Crippen LogP contribution in [0.25, 0.3) is 5.57 Å². The van der Waals surface area contributed by atoms with Crippen LogP contribution in [0.1, 0.15) is 37.3 Å². The number of carbonyl (C=O) groups excluding carboxylic acids is 1. The van der Waals surface area contributed by atoms with E-state index < -0.39 is 6.04 Å². The molecule has 1 aromatic rings. The number of hydrogen-bond donors (Lipinski definition) is 2. The van der Waals surface area contributed by atoms with E-state index in [1.165, 1.54) is 6.42 Å². The summed E-state index contributed by atoms with van der Waals surface area (Å²) in [6.07, 6.45) is 3.91. The smallest absolute Gasteiger partial charge is 0.238 e. The third-order valence-corrected chi connectivity index (χ3v) is 5.00. The van der Waals surface area contributed by atoms with Crippen LogP contribution in [0.5, 0.6) is 0 Å². The third-order valence-electron chi connectivity index (χ3n) is 5.00. The van der Waals surface area contributed by atoms with E-state index in [1.807, 2.05) is 31.2 Å². The van der Waals surface area contributed by atoms with Crippen LogP contribution < -0.4 is 10.6 Å². The molecule has 1 saturated carbocycles. The highest BCUT2D eigenvalue weighted by atomic mass is 16.2. The van der Waals surface area contributed by atoms with E-state index in [2.05, 4.69) is 23.3 Å². The molecule has 1 saturated heterocycles. The molecule has 3 rings (SSSR count). The molecule has 1 aliphatic carbocycles. The lowest BCUT2D eigenvalue weighted by molar-refractivity contribution is -0.124. The van der Waals surface area contributed by atoms with Crippen LogP contribution in [0.3, 0.4) is 0 Å². The number of nitrogens with one attached hydrogen (secondary N) is 2. The van der Waals surface area contributed by atoms with Gasteiger partial charge in [0, 0.05) is 12.5 Å². The number of fused-ring (bicyclic) bond motifs is 2. The maximum Gasteiger partial charge on any atom is 0.238 e. The monoisotopic (exact) mass is 309 g/mol. The lowest BCUT2D eigenvalue weighted by Gasteiger charge is -2.23. The number of amides is 1. The molecule has 0 aromatic heterocycles. The molecule has 1 heterocycles. The minimum Gasteiger partial charge on any atom is -0.339 e. The van der Waals surface area contributed by atoms with E-state index >= 15 is 0 Å². The molecule has 2 fully saturated rings. The van der Waals surface area contributed by atoms with Crippen molar-refractivity contribution in [2.75, 3.05) is 0 Å². The molecule has 0 radical (unpaired) electrons. The maximum absolute atomic E-state index is 12.4. The number of hydrogen-bond acceptors (Lipinski definition) is 3. The molecule has 0 spiro atoms. The van der Waals surface area contributed by atoms with Gasteiger partial charge in [-0.1, -0.05) is 36.4 Å². The SMILES string of the molecule is C=C(C)c1ccc(C[C@@H](C#N)NC(=O)[C@H]2N[C@@H]3CC[C@H]2C3)cc1. The Morgan fingerprint density at radius 3 is 2.70 bits per heavy atom. The highest BCUT2D eigenvalue weighted by Crippen LogP contribution is 2.35. The lowest BCUT2D eigenvalue weighted by atomic mass is 9.98. The van der Waals surface area contributed by atoms with Gasteiger partial charge < -0.3 is 10.6 Å². The van der Waals surface area contributed by atoms with E-state index in [0.29, 0.717) is 18.4 Å². The maximum atomic E-state index is 12.4. The second kappa shape index (κ2) is 6.55. The fourth-order valence-corrected chi connectivity index (χ4v) is 3.70. The number of carbonyl (C=O) groups is 1. The number of nitriles is 1. The Morgan fingerprint density at radius 1 is 1.43 bits per heavy atom. The van der Waals surface area contributed by atoms with Crippen molar-refractivity contribution >= 4 is 11.5 Å². The first kappa shape index (κ1) is 15.8. The van der Waals surface area contributed by atoms with Gasteiger partial charge in [0.15, 0.2) is 0 Å². The van der Waals surface area contributed by atoms with Crippen molar-refractivity contribution < 1.29 is 4.79 Å². The zero-order valence-corrected chi connectivity index (χ0v) is 13.5. The molecule has 4 heteroatoms. The number of nitrogens with zero attached hydrogens (tertiary/aromatic N) is 1. The predicted octanol–water partition coefficient (Wildman–Crippen LogP) is 2.41. The topological polar surface area (TPSA) is 64.9 Å². The number of benzene rings is 1. The van der Waals surface area contributed by atoms with Gasteiger partial charge in [0.2, 0.25) is 5.91 Å². The fraction of sp³-hybridized carbons (Fsp3) is 0.474. The number of piperidine rings is 1. The molecular weight excluding hydrogens is 286 g/mol. The molecule has 2 bridgehead atoms. The Morgan fingerprint density at radius 2 is 2.17 bits per heavy atom. The van der Waals surface area contributed by atoms with Gasteiger partial charge in [-0.2, -0.15) is 5.26 Å². The average molecular weight is 309 g/mol. The fourth-order valence-electron chi connectivity index (χ4n) is 3.70. The van der Waals surface area contributed by atoms with Crippen LogP contribution in [0.4, 0.5) is 0 Å². The molecule has 1 amide bonds. The van der Waals surface area contributed by atoms with Crippen LogP contribution in [0.15, 0.2) is 30.8 Å². The summed E-state index contributed by atoms with van der Waals surface area (Å²) in [6.45, 7) is 5.89. The average Bonchev–Trinajstić information content (AvgIpc) is 3.17. The zero-order valence-electron chi connectivity index (χ0n) is 13.5. The number of allylic oxidation sites excluding steroid dienone is 1. The summed E-state index contributed by atoms with van der Waals surface area (Å²) in [6, 6.07) is 10.1. The first-order valence-corrected chi connectivity index (χ1v) is 8.27. The molecule has 4 nitrogen and oxygen atoms in total. The van der Waals surface area contributed by atoms with Gasteiger partial charge in [-0.15, -0.1) is 0 Å². The van der Waals surface area contributed by atoms with Gasteiger partial charge in [0.25, 0.3) is 0 Å². The minimum atomic E-state index is -0.487. The zero-order chi connectivity index (χ0) is 16.4. The standard InChI is InChI=1S/C19H23N3O/c1-12(2)14-5-3-13(4-6-14)9-17(11-20)22-19(23)18-15-7-8-16(10-15)21-18/h3-6,15-18,21H,1,7-10H2,2H3,(H,22,23)/t15-,16+,17-,18-/m0/s1. The summed E-state index contributed by atoms with van der Waals surface area (Å²) < 4.78 is 0. The Labute approximate surface area is 137 Å². The van der Waals surface area contributed by atoms with Crippen LogP contribution in [-0.4, -0.2) is 24.0 Å². The second-order valence-electron chi connectivity index (χ2n) is 6.79. The van der Waals surface area contributed by atoms with Crippen LogP contribution >= 0.6 is 0 Å². The highest BCUT2D eigenvalue weighted by Gasteiger charge is 2.42.